The van der Waals surface area contributed by atoms with Crippen molar-refractivity contribution >= 4 is 22.8 Å². The fourth-order valence-electron chi connectivity index (χ4n) is 3.32. The van der Waals surface area contributed by atoms with E-state index in [2.05, 4.69) is 33.9 Å². The topological polar surface area (TPSA) is 95.1 Å². The smallest absolute Gasteiger partial charge is 0.240 e. The number of carbonyl (C=O) groups excluding carboxylic acids is 1. The highest BCUT2D eigenvalue weighted by molar-refractivity contribution is 5.89. The van der Waals surface area contributed by atoms with Gasteiger partial charge in [-0.3, -0.25) is 9.63 Å². The number of carbonyl (C=O) groups is 1. The van der Waals surface area contributed by atoms with Crippen LogP contribution in [0.3, 0.4) is 0 Å². The molecule has 2 heterocycles. The van der Waals surface area contributed by atoms with Gasteiger partial charge in [0.2, 0.25) is 5.91 Å². The van der Waals surface area contributed by atoms with Gasteiger partial charge in [-0.1, -0.05) is 13.8 Å². The number of rotatable bonds is 5. The quantitative estimate of drug-likeness (QED) is 0.818. The molecule has 0 spiro atoms. The summed E-state index contributed by atoms with van der Waals surface area (Å²) in [6.45, 7) is 6.78. The summed E-state index contributed by atoms with van der Waals surface area (Å²) in [5, 5.41) is 0. The maximum absolute atomic E-state index is 11.0. The molecular weight excluding hydrogens is 306 g/mol. The van der Waals surface area contributed by atoms with E-state index in [1.165, 1.54) is 12.5 Å². The number of hydroxylamine groups is 1. The summed E-state index contributed by atoms with van der Waals surface area (Å²) in [4.78, 5) is 25.5. The number of amides is 1. The van der Waals surface area contributed by atoms with Gasteiger partial charge < -0.3 is 10.3 Å². The van der Waals surface area contributed by atoms with Gasteiger partial charge in [0.05, 0.1) is 5.52 Å². The number of aromatic nitrogens is 3. The van der Waals surface area contributed by atoms with Gasteiger partial charge in [0.1, 0.15) is 17.9 Å². The largest absolute Gasteiger partial charge is 0.382 e. The van der Waals surface area contributed by atoms with E-state index in [1.807, 2.05) is 0 Å². The predicted molar refractivity (Wildman–Crippen MR) is 92.0 cm³/mol. The summed E-state index contributed by atoms with van der Waals surface area (Å²) in [5.41, 5.74) is 12.7. The Morgan fingerprint density at radius 3 is 2.79 bits per heavy atom. The first-order chi connectivity index (χ1) is 11.5. The molecule has 0 aromatic carbocycles. The van der Waals surface area contributed by atoms with E-state index in [-0.39, 0.29) is 12.5 Å². The summed E-state index contributed by atoms with van der Waals surface area (Å²) in [6.07, 6.45) is 4.30. The number of imidazole rings is 1. The fourth-order valence-corrected chi connectivity index (χ4v) is 3.32. The molecule has 3 rings (SSSR count). The molecule has 130 valence electrons. The minimum atomic E-state index is -0.236. The second-order valence-corrected chi connectivity index (χ2v) is 6.81. The fraction of sp³-hybridized carbons (Fsp3) is 0.588. The molecule has 2 aromatic heterocycles. The van der Waals surface area contributed by atoms with E-state index in [1.54, 1.807) is 0 Å². The van der Waals surface area contributed by atoms with Crippen LogP contribution >= 0.6 is 0 Å². The van der Waals surface area contributed by atoms with Crippen molar-refractivity contribution in [2.75, 3.05) is 5.73 Å². The van der Waals surface area contributed by atoms with Crippen molar-refractivity contribution in [3.8, 4) is 0 Å². The standard InChI is InChI=1S/C17H25N5O2/c1-10(2)8-22-14(9-24-21-11(3)23)20-15-16(22)12-6-4-5-7-13(12)19-17(15)18/h10H,4-9H2,1-3H3,(H2,18,19)(H,21,23). The molecule has 0 bridgehead atoms. The summed E-state index contributed by atoms with van der Waals surface area (Å²) < 4.78 is 2.18. The number of anilines is 1. The van der Waals surface area contributed by atoms with E-state index < -0.39 is 0 Å². The molecule has 7 heteroatoms. The number of fused-ring (bicyclic) bond motifs is 3. The lowest BCUT2D eigenvalue weighted by molar-refractivity contribution is -0.132. The average molecular weight is 331 g/mol. The Labute approximate surface area is 141 Å². The number of nitrogens with two attached hydrogens (primary N) is 1. The molecule has 0 atom stereocenters. The van der Waals surface area contributed by atoms with Crippen LogP contribution in [0, 0.1) is 5.92 Å². The molecule has 2 aromatic rings. The normalized spacial score (nSPS) is 14.2. The molecule has 0 saturated heterocycles. The Kier molecular flexibility index (Phi) is 4.71. The first-order valence-corrected chi connectivity index (χ1v) is 8.52. The molecule has 7 nitrogen and oxygen atoms in total. The summed E-state index contributed by atoms with van der Waals surface area (Å²) in [7, 11) is 0. The third-order valence-corrected chi connectivity index (χ3v) is 4.23. The van der Waals surface area contributed by atoms with Crippen LogP contribution in [0.4, 0.5) is 5.82 Å². The van der Waals surface area contributed by atoms with Crippen molar-refractivity contribution in [2.45, 2.75) is 59.6 Å². The molecule has 1 aliphatic rings. The van der Waals surface area contributed by atoms with Crippen LogP contribution in [-0.4, -0.2) is 20.4 Å². The maximum Gasteiger partial charge on any atom is 0.240 e. The predicted octanol–water partition coefficient (Wildman–Crippen LogP) is 2.12. The van der Waals surface area contributed by atoms with Gasteiger partial charge in [-0.2, -0.15) is 0 Å². The van der Waals surface area contributed by atoms with E-state index >= 15 is 0 Å². The second kappa shape index (κ2) is 6.76. The van der Waals surface area contributed by atoms with Crippen molar-refractivity contribution in [3.05, 3.63) is 17.1 Å². The average Bonchev–Trinajstić information content (AvgIpc) is 2.86. The number of nitrogens with one attached hydrogen (secondary N) is 1. The summed E-state index contributed by atoms with van der Waals surface area (Å²) in [6, 6.07) is 0. The Morgan fingerprint density at radius 1 is 1.33 bits per heavy atom. The second-order valence-electron chi connectivity index (χ2n) is 6.81. The van der Waals surface area contributed by atoms with Crippen LogP contribution < -0.4 is 11.2 Å². The van der Waals surface area contributed by atoms with E-state index in [0.717, 1.165) is 54.8 Å². The summed E-state index contributed by atoms with van der Waals surface area (Å²) >= 11 is 0. The van der Waals surface area contributed by atoms with Crippen molar-refractivity contribution in [3.63, 3.8) is 0 Å². The number of nitrogens with zero attached hydrogens (tertiary/aromatic N) is 3. The highest BCUT2D eigenvalue weighted by Crippen LogP contribution is 2.32. The van der Waals surface area contributed by atoms with Gasteiger partial charge in [-0.05, 0) is 37.2 Å². The number of pyridine rings is 1. The highest BCUT2D eigenvalue weighted by Gasteiger charge is 2.23. The van der Waals surface area contributed by atoms with Gasteiger partial charge >= 0.3 is 0 Å². The lowest BCUT2D eigenvalue weighted by atomic mass is 9.94. The molecule has 0 fully saturated rings. The van der Waals surface area contributed by atoms with Crippen LogP contribution in [0.15, 0.2) is 0 Å². The Morgan fingerprint density at radius 2 is 2.08 bits per heavy atom. The van der Waals surface area contributed by atoms with Crippen LogP contribution in [0.25, 0.3) is 11.0 Å². The Balaban J connectivity index is 2.10. The van der Waals surface area contributed by atoms with Crippen LogP contribution in [0.1, 0.15) is 50.7 Å². The SMILES string of the molecule is CC(=O)NOCc1nc2c(N)nc3c(c2n1CC(C)C)CCCC3. The molecule has 0 radical (unpaired) electrons. The third kappa shape index (κ3) is 3.21. The van der Waals surface area contributed by atoms with Gasteiger partial charge in [0.25, 0.3) is 0 Å². The lowest BCUT2D eigenvalue weighted by Gasteiger charge is -2.19. The highest BCUT2D eigenvalue weighted by atomic mass is 16.7. The minimum absolute atomic E-state index is 0.204. The Hall–Kier alpha value is -2.15. The van der Waals surface area contributed by atoms with Crippen molar-refractivity contribution in [1.29, 1.82) is 0 Å². The van der Waals surface area contributed by atoms with Gasteiger partial charge in [-0.15, -0.1) is 0 Å². The first-order valence-electron chi connectivity index (χ1n) is 8.52. The molecule has 0 unspecified atom stereocenters. The van der Waals surface area contributed by atoms with E-state index in [9.17, 15) is 4.79 Å². The molecule has 24 heavy (non-hydrogen) atoms. The molecule has 1 amide bonds. The van der Waals surface area contributed by atoms with Crippen molar-refractivity contribution in [2.24, 2.45) is 5.92 Å². The van der Waals surface area contributed by atoms with Crippen LogP contribution in [0.5, 0.6) is 0 Å². The molecular formula is C17H25N5O2. The monoisotopic (exact) mass is 331 g/mol. The molecule has 1 aliphatic carbocycles. The Bertz CT molecular complexity index is 766. The summed E-state index contributed by atoms with van der Waals surface area (Å²) in [5.74, 6) is 1.46. The van der Waals surface area contributed by atoms with E-state index in [0.29, 0.717) is 11.7 Å². The zero-order valence-electron chi connectivity index (χ0n) is 14.6. The zero-order valence-corrected chi connectivity index (χ0v) is 14.6. The zero-order chi connectivity index (χ0) is 17.3. The maximum atomic E-state index is 11.0. The van der Waals surface area contributed by atoms with Crippen molar-refractivity contribution < 1.29 is 9.63 Å². The van der Waals surface area contributed by atoms with Gasteiger partial charge in [-0.25, -0.2) is 15.4 Å². The minimum Gasteiger partial charge on any atom is -0.382 e. The van der Waals surface area contributed by atoms with Crippen molar-refractivity contribution in [1.82, 2.24) is 20.0 Å². The van der Waals surface area contributed by atoms with Crippen LogP contribution in [-0.2, 0) is 35.6 Å². The van der Waals surface area contributed by atoms with E-state index in [4.69, 9.17) is 10.6 Å². The third-order valence-electron chi connectivity index (χ3n) is 4.23. The molecule has 0 aliphatic heterocycles. The first kappa shape index (κ1) is 16.7. The van der Waals surface area contributed by atoms with Gasteiger partial charge in [0.15, 0.2) is 5.82 Å². The number of hydrogen-bond donors (Lipinski definition) is 2. The molecule has 3 N–H and O–H groups in total. The van der Waals surface area contributed by atoms with Crippen LogP contribution in [0.2, 0.25) is 0 Å². The number of nitrogen functional groups attached to an aromatic ring is 1. The number of aryl methyl sites for hydroxylation is 2. The molecule has 0 saturated carbocycles. The van der Waals surface area contributed by atoms with Gasteiger partial charge in [0, 0.05) is 19.2 Å². The lowest BCUT2D eigenvalue weighted by Crippen LogP contribution is -2.21. The number of hydrogen-bond acceptors (Lipinski definition) is 5.